The van der Waals surface area contributed by atoms with Crippen LogP contribution in [0.3, 0.4) is 0 Å². The number of nitrogens with one attached hydrogen (secondary N) is 1. The van der Waals surface area contributed by atoms with Crippen molar-refractivity contribution in [2.45, 2.75) is 37.9 Å². The molecule has 2 atom stereocenters. The fourth-order valence-corrected chi connectivity index (χ4v) is 4.82. The van der Waals surface area contributed by atoms with Gasteiger partial charge in [-0.3, -0.25) is 10.2 Å². The molecule has 2 aromatic rings. The van der Waals surface area contributed by atoms with Gasteiger partial charge in [0.15, 0.2) is 5.82 Å². The van der Waals surface area contributed by atoms with E-state index in [0.29, 0.717) is 31.1 Å². The fraction of sp³-hybridized carbons (Fsp3) is 0.524. The van der Waals surface area contributed by atoms with Gasteiger partial charge in [-0.15, -0.1) is 0 Å². The second-order valence-electron chi connectivity index (χ2n) is 8.45. The molecule has 2 saturated heterocycles. The van der Waals surface area contributed by atoms with Crippen molar-refractivity contribution in [2.75, 3.05) is 46.2 Å². The van der Waals surface area contributed by atoms with Gasteiger partial charge in [-0.05, 0) is 43.9 Å². The first kappa shape index (κ1) is 20.8. The zero-order valence-corrected chi connectivity index (χ0v) is 17.4. The van der Waals surface area contributed by atoms with Crippen molar-refractivity contribution in [1.82, 2.24) is 15.0 Å². The Balaban J connectivity index is 1.47. The Morgan fingerprint density at radius 3 is 2.56 bits per heavy atom. The average Bonchev–Trinajstić information content (AvgIpc) is 2.79. The lowest BCUT2D eigenvalue weighted by Gasteiger charge is -2.46. The quantitative estimate of drug-likeness (QED) is 0.757. The SMILES string of the molecule is O=C(Nc1ncccn1)N1c2nc(N3CCC[C@H](C(F)(F)F)C3)ccc2N2CCC[C@H]1C2. The first-order chi connectivity index (χ1) is 15.4. The molecule has 0 unspecified atom stereocenters. The van der Waals surface area contributed by atoms with Crippen molar-refractivity contribution in [3.8, 4) is 0 Å². The van der Waals surface area contributed by atoms with E-state index in [-0.39, 0.29) is 31.0 Å². The van der Waals surface area contributed by atoms with Crippen LogP contribution in [0, 0.1) is 5.92 Å². The topological polar surface area (TPSA) is 77.5 Å². The maximum Gasteiger partial charge on any atom is 0.393 e. The third kappa shape index (κ3) is 3.91. The molecule has 5 heterocycles. The molecular weight excluding hydrogens is 423 g/mol. The zero-order valence-electron chi connectivity index (χ0n) is 17.4. The largest absolute Gasteiger partial charge is 0.393 e. The highest BCUT2D eigenvalue weighted by Gasteiger charge is 2.43. The Kier molecular flexibility index (Phi) is 5.26. The van der Waals surface area contributed by atoms with E-state index in [1.54, 1.807) is 34.3 Å². The summed E-state index contributed by atoms with van der Waals surface area (Å²) in [6.07, 6.45) is 1.20. The van der Waals surface area contributed by atoms with Gasteiger partial charge in [-0.2, -0.15) is 13.2 Å². The van der Waals surface area contributed by atoms with Crippen LogP contribution in [0.1, 0.15) is 25.7 Å². The van der Waals surface area contributed by atoms with Crippen LogP contribution in [0.2, 0.25) is 0 Å². The minimum Gasteiger partial charge on any atom is -0.366 e. The highest BCUT2D eigenvalue weighted by molar-refractivity contribution is 6.03. The monoisotopic (exact) mass is 447 g/mol. The summed E-state index contributed by atoms with van der Waals surface area (Å²) >= 11 is 0. The molecule has 0 radical (unpaired) electrons. The van der Waals surface area contributed by atoms with Gasteiger partial charge in [-0.25, -0.2) is 19.7 Å². The molecule has 2 bridgehead atoms. The van der Waals surface area contributed by atoms with Crippen LogP contribution < -0.4 is 20.0 Å². The van der Waals surface area contributed by atoms with Crippen molar-refractivity contribution in [1.29, 1.82) is 0 Å². The summed E-state index contributed by atoms with van der Waals surface area (Å²) in [4.78, 5) is 31.5. The van der Waals surface area contributed by atoms with Crippen LogP contribution in [0.4, 0.5) is 41.2 Å². The minimum absolute atomic E-state index is 0.0769. The Hall–Kier alpha value is -3.11. The van der Waals surface area contributed by atoms with Crippen LogP contribution in [-0.4, -0.2) is 59.4 Å². The molecule has 8 nitrogen and oxygen atoms in total. The van der Waals surface area contributed by atoms with Gasteiger partial charge < -0.3 is 9.80 Å². The van der Waals surface area contributed by atoms with Crippen molar-refractivity contribution in [3.05, 3.63) is 30.6 Å². The molecular formula is C21H24F3N7O. The normalized spacial score (nSPS) is 23.0. The number of nitrogens with zero attached hydrogens (tertiary/aromatic N) is 6. The molecule has 2 amide bonds. The molecule has 170 valence electrons. The van der Waals surface area contributed by atoms with Crippen molar-refractivity contribution >= 4 is 29.3 Å². The van der Waals surface area contributed by atoms with E-state index in [4.69, 9.17) is 4.98 Å². The van der Waals surface area contributed by atoms with Crippen molar-refractivity contribution in [2.24, 2.45) is 5.92 Å². The third-order valence-electron chi connectivity index (χ3n) is 6.38. The van der Waals surface area contributed by atoms with Gasteiger partial charge in [0.05, 0.1) is 17.6 Å². The van der Waals surface area contributed by atoms with Gasteiger partial charge >= 0.3 is 12.2 Å². The van der Waals surface area contributed by atoms with E-state index < -0.39 is 12.1 Å². The Labute approximate surface area is 183 Å². The predicted molar refractivity (Wildman–Crippen MR) is 114 cm³/mol. The highest BCUT2D eigenvalue weighted by atomic mass is 19.4. The molecule has 32 heavy (non-hydrogen) atoms. The molecule has 3 aliphatic heterocycles. The number of alkyl halides is 3. The highest BCUT2D eigenvalue weighted by Crippen LogP contribution is 2.40. The number of aromatic nitrogens is 3. The van der Waals surface area contributed by atoms with Gasteiger partial charge in [0.2, 0.25) is 5.95 Å². The number of hydrogen-bond donors (Lipinski definition) is 1. The van der Waals surface area contributed by atoms with E-state index in [9.17, 15) is 18.0 Å². The number of hydrogen-bond acceptors (Lipinski definition) is 6. The van der Waals surface area contributed by atoms with Crippen LogP contribution in [0.5, 0.6) is 0 Å². The number of halogens is 3. The first-order valence-corrected chi connectivity index (χ1v) is 10.8. The van der Waals surface area contributed by atoms with Crippen LogP contribution in [-0.2, 0) is 0 Å². The molecule has 0 saturated carbocycles. The second kappa shape index (κ2) is 8.10. The van der Waals surface area contributed by atoms with Crippen molar-refractivity contribution in [3.63, 3.8) is 0 Å². The second-order valence-corrected chi connectivity index (χ2v) is 8.45. The molecule has 0 spiro atoms. The molecule has 0 aliphatic carbocycles. The number of amides is 2. The summed E-state index contributed by atoms with van der Waals surface area (Å²) in [5.74, 6) is -0.238. The first-order valence-electron chi connectivity index (χ1n) is 10.8. The van der Waals surface area contributed by atoms with Gasteiger partial charge in [-0.1, -0.05) is 0 Å². The maximum atomic E-state index is 13.3. The summed E-state index contributed by atoms with van der Waals surface area (Å²) in [5, 5.41) is 2.73. The van der Waals surface area contributed by atoms with E-state index in [0.717, 1.165) is 25.1 Å². The van der Waals surface area contributed by atoms with Crippen molar-refractivity contribution < 1.29 is 18.0 Å². The number of carbonyl (C=O) groups excluding carboxylic acids is 1. The summed E-state index contributed by atoms with van der Waals surface area (Å²) in [7, 11) is 0. The number of piperidine rings is 2. The Bertz CT molecular complexity index is 987. The minimum atomic E-state index is -4.22. The molecule has 0 aromatic carbocycles. The van der Waals surface area contributed by atoms with Gasteiger partial charge in [0.1, 0.15) is 5.82 Å². The Morgan fingerprint density at radius 2 is 1.78 bits per heavy atom. The molecule has 1 N–H and O–H groups in total. The lowest BCUT2D eigenvalue weighted by molar-refractivity contribution is -0.176. The van der Waals surface area contributed by atoms with Gasteiger partial charge in [0, 0.05) is 38.6 Å². The molecule has 3 aliphatic rings. The number of rotatable bonds is 2. The lowest BCUT2D eigenvalue weighted by Crippen LogP contribution is -2.56. The zero-order chi connectivity index (χ0) is 22.3. The number of fused-ring (bicyclic) bond motifs is 4. The smallest absolute Gasteiger partial charge is 0.366 e. The number of anilines is 4. The summed E-state index contributed by atoms with van der Waals surface area (Å²) in [5.41, 5.74) is 0.818. The van der Waals surface area contributed by atoms with Crippen LogP contribution >= 0.6 is 0 Å². The molecule has 11 heteroatoms. The van der Waals surface area contributed by atoms with E-state index in [1.165, 1.54) is 0 Å². The number of carbonyl (C=O) groups is 1. The maximum absolute atomic E-state index is 13.3. The Morgan fingerprint density at radius 1 is 1.03 bits per heavy atom. The number of urea groups is 1. The predicted octanol–water partition coefficient (Wildman–Crippen LogP) is 3.67. The molecule has 2 aromatic heterocycles. The van der Waals surface area contributed by atoms with E-state index in [2.05, 4.69) is 20.2 Å². The van der Waals surface area contributed by atoms with Crippen LogP contribution in [0.15, 0.2) is 30.6 Å². The van der Waals surface area contributed by atoms with E-state index in [1.807, 2.05) is 6.07 Å². The average molecular weight is 447 g/mol. The number of pyridine rings is 1. The molecule has 5 rings (SSSR count). The lowest BCUT2D eigenvalue weighted by atomic mass is 9.97. The third-order valence-corrected chi connectivity index (χ3v) is 6.38. The van der Waals surface area contributed by atoms with E-state index >= 15 is 0 Å². The summed E-state index contributed by atoms with van der Waals surface area (Å²) < 4.78 is 39.9. The summed E-state index contributed by atoms with van der Waals surface area (Å²) in [6, 6.07) is 4.83. The molecule has 2 fully saturated rings. The van der Waals surface area contributed by atoms with Gasteiger partial charge in [0.25, 0.3) is 0 Å². The van der Waals surface area contributed by atoms with Crippen LogP contribution in [0.25, 0.3) is 0 Å². The summed E-state index contributed by atoms with van der Waals surface area (Å²) in [6.45, 7) is 1.95. The standard InChI is InChI=1S/C21H24F3N7O/c22-21(23,24)14-4-1-11-30(12-14)17-7-6-16-18(27-17)31(15-5-2-10-29(16)13-15)20(32)28-19-25-8-3-9-26-19/h3,6-9,14-15H,1-2,4-5,10-13H2,(H,25,26,28,32)/t14-,15-/m0/s1. The fourth-order valence-electron chi connectivity index (χ4n) is 4.82.